The van der Waals surface area contributed by atoms with Crippen LogP contribution in [0.25, 0.3) is 0 Å². The monoisotopic (exact) mass is 361 g/mol. The summed E-state index contributed by atoms with van der Waals surface area (Å²) in [6.45, 7) is 3.42. The van der Waals surface area contributed by atoms with Gasteiger partial charge in [-0.15, -0.1) is 0 Å². The van der Waals surface area contributed by atoms with Gasteiger partial charge in [-0.25, -0.2) is 15.0 Å². The Morgan fingerprint density at radius 2 is 1.93 bits per heavy atom. The zero-order chi connectivity index (χ0) is 18.8. The maximum Gasteiger partial charge on any atom is 0.221 e. The molecule has 0 saturated heterocycles. The number of nitrogens with zero attached hydrogens (tertiary/aromatic N) is 3. The molecule has 27 heavy (non-hydrogen) atoms. The number of rotatable bonds is 4. The summed E-state index contributed by atoms with van der Waals surface area (Å²) in [5.74, 6) is 1.38. The van der Waals surface area contributed by atoms with Crippen molar-refractivity contribution in [1.82, 2.24) is 19.9 Å². The summed E-state index contributed by atoms with van der Waals surface area (Å²) in [7, 11) is 0. The van der Waals surface area contributed by atoms with Crippen molar-refractivity contribution in [2.24, 2.45) is 5.92 Å². The first kappa shape index (κ1) is 17.4. The van der Waals surface area contributed by atoms with Gasteiger partial charge < -0.3 is 10.3 Å². The Morgan fingerprint density at radius 1 is 1.19 bits per heavy atom. The highest BCUT2D eigenvalue weighted by Crippen LogP contribution is 2.41. The second-order valence-electron chi connectivity index (χ2n) is 7.19. The molecular weight excluding hydrogens is 338 g/mol. The van der Waals surface area contributed by atoms with E-state index in [0.717, 1.165) is 42.0 Å². The van der Waals surface area contributed by atoms with Gasteiger partial charge in [-0.1, -0.05) is 12.1 Å². The van der Waals surface area contributed by atoms with E-state index >= 15 is 0 Å². The Balaban J connectivity index is 1.64. The Labute approximate surface area is 158 Å². The zero-order valence-electron chi connectivity index (χ0n) is 15.6. The number of fused-ring (bicyclic) bond motifs is 1. The minimum atomic E-state index is -0.0627. The number of carbonyl (C=O) groups is 1. The molecule has 1 amide bonds. The molecule has 2 N–H and O–H groups in total. The predicted molar refractivity (Wildman–Crippen MR) is 103 cm³/mol. The molecule has 0 saturated carbocycles. The molecule has 6 nitrogen and oxygen atoms in total. The third-order valence-electron chi connectivity index (χ3n) is 5.21. The zero-order valence-corrected chi connectivity index (χ0v) is 15.6. The number of aromatic amines is 1. The first-order valence-corrected chi connectivity index (χ1v) is 9.27. The minimum Gasteiger partial charge on any atom is -0.348 e. The van der Waals surface area contributed by atoms with Crippen LogP contribution in [0.15, 0.2) is 43.0 Å². The number of benzene rings is 1. The topological polar surface area (TPSA) is 83.6 Å². The van der Waals surface area contributed by atoms with Crippen LogP contribution >= 0.6 is 0 Å². The average Bonchev–Trinajstić information content (AvgIpc) is 3.12. The van der Waals surface area contributed by atoms with Gasteiger partial charge in [-0.2, -0.15) is 0 Å². The number of nitrogens with one attached hydrogen (secondary N) is 2. The molecule has 2 aromatic heterocycles. The lowest BCUT2D eigenvalue weighted by atomic mass is 9.73. The van der Waals surface area contributed by atoms with Crippen molar-refractivity contribution in [3.63, 3.8) is 0 Å². The molecule has 1 aliphatic carbocycles. The summed E-state index contributed by atoms with van der Waals surface area (Å²) in [6.07, 6.45) is 8.67. The molecule has 4 rings (SSSR count). The molecule has 3 aromatic rings. The van der Waals surface area contributed by atoms with Crippen LogP contribution in [0.4, 0.5) is 5.69 Å². The van der Waals surface area contributed by atoms with Gasteiger partial charge in [0.05, 0.1) is 12.0 Å². The molecular formula is C21H23N5O. The highest BCUT2D eigenvalue weighted by molar-refractivity contribution is 5.88. The molecule has 1 unspecified atom stereocenters. The summed E-state index contributed by atoms with van der Waals surface area (Å²) in [6, 6.07) is 8.12. The van der Waals surface area contributed by atoms with Crippen LogP contribution in [0.1, 0.15) is 47.6 Å². The molecule has 0 bridgehead atoms. The Hall–Kier alpha value is -3.02. The number of aromatic nitrogens is 4. The molecule has 138 valence electrons. The van der Waals surface area contributed by atoms with E-state index in [-0.39, 0.29) is 11.8 Å². The summed E-state index contributed by atoms with van der Waals surface area (Å²) in [4.78, 5) is 27.9. The minimum absolute atomic E-state index is 0.0627. The number of hydrogen-bond donors (Lipinski definition) is 2. The molecule has 2 heterocycles. The molecule has 0 fully saturated rings. The van der Waals surface area contributed by atoms with Gasteiger partial charge in [0.25, 0.3) is 0 Å². The smallest absolute Gasteiger partial charge is 0.221 e. The van der Waals surface area contributed by atoms with Crippen molar-refractivity contribution in [3.8, 4) is 0 Å². The lowest BCUT2D eigenvalue weighted by Crippen LogP contribution is -2.24. The number of anilines is 1. The average molecular weight is 361 g/mol. The van der Waals surface area contributed by atoms with Crippen molar-refractivity contribution in [2.75, 3.05) is 5.32 Å². The normalized spacial score (nSPS) is 18.7. The number of aryl methyl sites for hydroxylation is 2. The van der Waals surface area contributed by atoms with Crippen LogP contribution in [0.2, 0.25) is 0 Å². The number of amides is 1. The molecule has 6 heteroatoms. The lowest BCUT2D eigenvalue weighted by molar-refractivity contribution is -0.114. The van der Waals surface area contributed by atoms with Gasteiger partial charge in [0.15, 0.2) is 0 Å². The second-order valence-corrected chi connectivity index (χ2v) is 7.19. The fraction of sp³-hybridized carbons (Fsp3) is 0.333. The van der Waals surface area contributed by atoms with E-state index in [0.29, 0.717) is 5.92 Å². The van der Waals surface area contributed by atoms with Gasteiger partial charge in [0.1, 0.15) is 5.82 Å². The molecule has 0 spiro atoms. The fourth-order valence-electron chi connectivity index (χ4n) is 3.97. The highest BCUT2D eigenvalue weighted by Gasteiger charge is 2.33. The first-order chi connectivity index (χ1) is 13.1. The first-order valence-electron chi connectivity index (χ1n) is 9.27. The maximum absolute atomic E-state index is 11.3. The quantitative estimate of drug-likeness (QED) is 0.746. The highest BCUT2D eigenvalue weighted by atomic mass is 16.1. The number of hydrogen-bond acceptors (Lipinski definition) is 4. The van der Waals surface area contributed by atoms with Crippen LogP contribution < -0.4 is 5.32 Å². The Kier molecular flexibility index (Phi) is 4.71. The van der Waals surface area contributed by atoms with E-state index in [1.807, 2.05) is 31.5 Å². The van der Waals surface area contributed by atoms with Crippen molar-refractivity contribution in [3.05, 3.63) is 71.3 Å². The van der Waals surface area contributed by atoms with Gasteiger partial charge >= 0.3 is 0 Å². The van der Waals surface area contributed by atoms with E-state index in [1.165, 1.54) is 18.2 Å². The van der Waals surface area contributed by atoms with E-state index < -0.39 is 0 Å². The van der Waals surface area contributed by atoms with E-state index in [9.17, 15) is 4.79 Å². The summed E-state index contributed by atoms with van der Waals surface area (Å²) < 4.78 is 0. The third-order valence-corrected chi connectivity index (χ3v) is 5.21. The Bertz CT molecular complexity index is 930. The SMILES string of the molecule is CC(=O)Nc1ccc([C@H]2c3nc[nH]c3CCC2Cc2cnc(C)nc2)cc1. The summed E-state index contributed by atoms with van der Waals surface area (Å²) >= 11 is 0. The molecule has 0 radical (unpaired) electrons. The van der Waals surface area contributed by atoms with Crippen molar-refractivity contribution >= 4 is 11.6 Å². The van der Waals surface area contributed by atoms with Crippen LogP contribution in [0, 0.1) is 12.8 Å². The largest absolute Gasteiger partial charge is 0.348 e. The molecule has 1 aromatic carbocycles. The molecule has 0 aliphatic heterocycles. The van der Waals surface area contributed by atoms with E-state index in [1.54, 1.807) is 6.33 Å². The molecule has 2 atom stereocenters. The van der Waals surface area contributed by atoms with Gasteiger partial charge in [-0.05, 0) is 55.4 Å². The van der Waals surface area contributed by atoms with Crippen LogP contribution in [0.3, 0.4) is 0 Å². The maximum atomic E-state index is 11.3. The second kappa shape index (κ2) is 7.31. The van der Waals surface area contributed by atoms with Crippen LogP contribution in [0.5, 0.6) is 0 Å². The van der Waals surface area contributed by atoms with Gasteiger partial charge in [0, 0.05) is 36.6 Å². The number of imidazole rings is 1. The van der Waals surface area contributed by atoms with Gasteiger partial charge in [0.2, 0.25) is 5.91 Å². The third kappa shape index (κ3) is 3.74. The van der Waals surface area contributed by atoms with Crippen molar-refractivity contribution < 1.29 is 4.79 Å². The van der Waals surface area contributed by atoms with Crippen LogP contribution in [-0.2, 0) is 17.6 Å². The number of carbonyl (C=O) groups excluding carboxylic acids is 1. The summed E-state index contributed by atoms with van der Waals surface area (Å²) in [5.41, 5.74) is 5.54. The Morgan fingerprint density at radius 3 is 2.63 bits per heavy atom. The standard InChI is InChI=1S/C21H23N5O/c1-13-22-10-15(11-23-13)9-17-5-8-19-21(25-12-24-19)20(17)16-3-6-18(7-4-16)26-14(2)27/h3-4,6-7,10-12,17,20H,5,8-9H2,1-2H3,(H,24,25)(H,26,27)/t17?,20-/m1/s1. The van der Waals surface area contributed by atoms with Crippen molar-refractivity contribution in [2.45, 2.75) is 39.0 Å². The lowest BCUT2D eigenvalue weighted by Gasteiger charge is -2.31. The number of H-pyrrole nitrogens is 1. The summed E-state index contributed by atoms with van der Waals surface area (Å²) in [5, 5.41) is 2.83. The van der Waals surface area contributed by atoms with E-state index in [2.05, 4.69) is 37.4 Å². The van der Waals surface area contributed by atoms with Crippen LogP contribution in [-0.4, -0.2) is 25.8 Å². The molecule has 1 aliphatic rings. The van der Waals surface area contributed by atoms with Gasteiger partial charge in [-0.3, -0.25) is 4.79 Å². The fourth-order valence-corrected chi connectivity index (χ4v) is 3.97. The van der Waals surface area contributed by atoms with E-state index in [4.69, 9.17) is 0 Å². The predicted octanol–water partition coefficient (Wildman–Crippen LogP) is 3.40. The van der Waals surface area contributed by atoms with Crippen molar-refractivity contribution in [1.29, 1.82) is 0 Å².